The second-order valence-electron chi connectivity index (χ2n) is 5.06. The molecule has 1 aromatic carbocycles. The lowest BCUT2D eigenvalue weighted by Gasteiger charge is -2.15. The van der Waals surface area contributed by atoms with Gasteiger partial charge in [0.15, 0.2) is 0 Å². The summed E-state index contributed by atoms with van der Waals surface area (Å²) in [5.41, 5.74) is 0.335. The Kier molecular flexibility index (Phi) is 7.71. The van der Waals surface area contributed by atoms with Gasteiger partial charge >= 0.3 is 12.1 Å². The van der Waals surface area contributed by atoms with Gasteiger partial charge in [-0.1, -0.05) is 44.4 Å². The first-order valence-corrected chi connectivity index (χ1v) is 7.44. The summed E-state index contributed by atoms with van der Waals surface area (Å²) >= 11 is 0. The van der Waals surface area contributed by atoms with Crippen LogP contribution in [0.4, 0.5) is 13.2 Å². The molecular weight excluding hydrogens is 293 g/mol. The van der Waals surface area contributed by atoms with Crippen LogP contribution in [-0.4, -0.2) is 18.2 Å². The predicted molar refractivity (Wildman–Crippen MR) is 79.6 cm³/mol. The van der Waals surface area contributed by atoms with Crippen LogP contribution in [0.25, 0.3) is 0 Å². The van der Waals surface area contributed by atoms with Crippen molar-refractivity contribution in [2.24, 2.45) is 0 Å². The van der Waals surface area contributed by atoms with Crippen molar-refractivity contribution < 1.29 is 22.7 Å². The van der Waals surface area contributed by atoms with E-state index in [0.29, 0.717) is 12.0 Å². The lowest BCUT2D eigenvalue weighted by Crippen LogP contribution is -2.17. The molecule has 0 radical (unpaired) electrons. The van der Waals surface area contributed by atoms with Crippen molar-refractivity contribution in [3.8, 4) is 0 Å². The first-order chi connectivity index (χ1) is 10.4. The number of carbonyl (C=O) groups is 1. The van der Waals surface area contributed by atoms with Crippen molar-refractivity contribution in [2.45, 2.75) is 51.3 Å². The summed E-state index contributed by atoms with van der Waals surface area (Å²) in [6.45, 7) is 2.05. The minimum absolute atomic E-state index is 0.135. The molecule has 1 aromatic rings. The van der Waals surface area contributed by atoms with E-state index in [1.807, 2.05) is 0 Å². The summed E-state index contributed by atoms with van der Waals surface area (Å²) in [7, 11) is 0. The molecule has 0 aromatic heterocycles. The number of ether oxygens (including phenoxy) is 1. The largest absolute Gasteiger partial charge is 0.455 e. The normalized spacial score (nSPS) is 13.3. The summed E-state index contributed by atoms with van der Waals surface area (Å²) in [4.78, 5) is 11.9. The number of halogens is 3. The van der Waals surface area contributed by atoms with Crippen LogP contribution < -0.4 is 0 Å². The Morgan fingerprint density at radius 3 is 2.45 bits per heavy atom. The number of allylic oxidation sites excluding steroid dienone is 1. The van der Waals surface area contributed by atoms with Crippen LogP contribution in [0.2, 0.25) is 0 Å². The molecule has 1 unspecified atom stereocenters. The molecule has 1 atom stereocenters. The highest BCUT2D eigenvalue weighted by Crippen LogP contribution is 2.19. The number of hydrogen-bond acceptors (Lipinski definition) is 2. The lowest BCUT2D eigenvalue weighted by molar-refractivity contribution is -0.0807. The number of alkyl halides is 3. The summed E-state index contributed by atoms with van der Waals surface area (Å²) in [5, 5.41) is 0. The van der Waals surface area contributed by atoms with Gasteiger partial charge in [0.25, 0.3) is 0 Å². The van der Waals surface area contributed by atoms with Crippen molar-refractivity contribution in [3.63, 3.8) is 0 Å². The third-order valence-electron chi connectivity index (χ3n) is 3.11. The Hall–Kier alpha value is -1.78. The van der Waals surface area contributed by atoms with Crippen molar-refractivity contribution in [1.29, 1.82) is 0 Å². The van der Waals surface area contributed by atoms with Crippen LogP contribution in [0.15, 0.2) is 42.5 Å². The number of unbranched alkanes of at least 4 members (excludes halogenated alkanes) is 3. The maximum Gasteiger partial charge on any atom is 0.409 e. The average molecular weight is 314 g/mol. The molecule has 122 valence electrons. The number of esters is 1. The first kappa shape index (κ1) is 18.3. The number of hydrogen-bond donors (Lipinski definition) is 0. The molecule has 0 heterocycles. The van der Waals surface area contributed by atoms with Crippen LogP contribution in [0, 0.1) is 0 Å². The van der Waals surface area contributed by atoms with Crippen molar-refractivity contribution >= 4 is 5.97 Å². The highest BCUT2D eigenvalue weighted by molar-refractivity contribution is 5.89. The summed E-state index contributed by atoms with van der Waals surface area (Å²) in [6.07, 6.45) is -0.117. The van der Waals surface area contributed by atoms with Crippen LogP contribution in [0.1, 0.15) is 49.4 Å². The number of carbonyl (C=O) groups excluding carboxylic acids is 1. The van der Waals surface area contributed by atoms with Crippen LogP contribution >= 0.6 is 0 Å². The van der Waals surface area contributed by atoms with Gasteiger partial charge in [-0.2, -0.15) is 13.2 Å². The van der Waals surface area contributed by atoms with E-state index in [9.17, 15) is 18.0 Å². The Balaban J connectivity index is 2.64. The van der Waals surface area contributed by atoms with E-state index >= 15 is 0 Å². The fourth-order valence-electron chi connectivity index (χ4n) is 1.96. The quantitative estimate of drug-likeness (QED) is 0.370. The zero-order valence-corrected chi connectivity index (χ0v) is 12.6. The van der Waals surface area contributed by atoms with Gasteiger partial charge in [-0.15, -0.1) is 0 Å². The van der Waals surface area contributed by atoms with Gasteiger partial charge in [0.2, 0.25) is 0 Å². The van der Waals surface area contributed by atoms with Crippen LogP contribution in [0.3, 0.4) is 0 Å². The molecule has 0 N–H and O–H groups in total. The van der Waals surface area contributed by atoms with Gasteiger partial charge in [0.1, 0.15) is 6.10 Å². The van der Waals surface area contributed by atoms with Gasteiger partial charge in [-0.3, -0.25) is 0 Å². The molecule has 0 bridgehead atoms. The highest BCUT2D eigenvalue weighted by Gasteiger charge is 2.23. The third-order valence-corrected chi connectivity index (χ3v) is 3.11. The van der Waals surface area contributed by atoms with Crippen molar-refractivity contribution in [1.82, 2.24) is 0 Å². The number of rotatable bonds is 8. The van der Waals surface area contributed by atoms with E-state index < -0.39 is 18.2 Å². The topological polar surface area (TPSA) is 26.3 Å². The molecule has 2 nitrogen and oxygen atoms in total. The molecular formula is C17H21F3O2. The zero-order chi connectivity index (χ0) is 16.4. The van der Waals surface area contributed by atoms with Crippen molar-refractivity contribution in [2.75, 3.05) is 0 Å². The van der Waals surface area contributed by atoms with E-state index in [1.54, 1.807) is 30.3 Å². The molecule has 0 saturated carbocycles. The average Bonchev–Trinajstić information content (AvgIpc) is 2.48. The molecule has 0 saturated heterocycles. The van der Waals surface area contributed by atoms with Crippen LogP contribution in [0.5, 0.6) is 0 Å². The molecule has 0 amide bonds. The van der Waals surface area contributed by atoms with Gasteiger partial charge in [0.05, 0.1) is 5.56 Å². The summed E-state index contributed by atoms with van der Waals surface area (Å²) in [6, 6.07) is 8.26. The fourth-order valence-corrected chi connectivity index (χ4v) is 1.96. The molecule has 0 aliphatic rings. The van der Waals surface area contributed by atoms with E-state index in [-0.39, 0.29) is 6.08 Å². The van der Waals surface area contributed by atoms with Crippen LogP contribution in [-0.2, 0) is 4.74 Å². The van der Waals surface area contributed by atoms with E-state index in [0.717, 1.165) is 31.8 Å². The summed E-state index contributed by atoms with van der Waals surface area (Å²) in [5.74, 6) is -0.604. The molecule has 1 rings (SSSR count). The molecule has 0 fully saturated rings. The van der Waals surface area contributed by atoms with Gasteiger partial charge in [-0.25, -0.2) is 4.79 Å². The molecule has 0 aliphatic heterocycles. The molecule has 0 aliphatic carbocycles. The Labute approximate surface area is 129 Å². The monoisotopic (exact) mass is 314 g/mol. The Bertz CT molecular complexity index is 467. The van der Waals surface area contributed by atoms with Crippen molar-refractivity contribution in [3.05, 3.63) is 48.0 Å². The maximum atomic E-state index is 12.3. The second-order valence-corrected chi connectivity index (χ2v) is 5.06. The Morgan fingerprint density at radius 1 is 1.18 bits per heavy atom. The highest BCUT2D eigenvalue weighted by atomic mass is 19.4. The molecule has 5 heteroatoms. The van der Waals surface area contributed by atoms with E-state index in [4.69, 9.17) is 4.74 Å². The summed E-state index contributed by atoms with van der Waals surface area (Å²) < 4.78 is 42.1. The SMILES string of the molecule is CCCCCCC(/C=C/C(F)(F)F)OC(=O)c1ccccc1. The van der Waals surface area contributed by atoms with Gasteiger partial charge < -0.3 is 4.74 Å². The predicted octanol–water partition coefficient (Wildman–Crippen LogP) is 5.30. The minimum Gasteiger partial charge on any atom is -0.455 e. The third kappa shape index (κ3) is 7.86. The van der Waals surface area contributed by atoms with E-state index in [1.165, 1.54) is 0 Å². The second kappa shape index (κ2) is 9.28. The standard InChI is InChI=1S/C17H21F3O2/c1-2-3-4-8-11-15(12-13-17(18,19)20)22-16(21)14-9-6-5-7-10-14/h5-7,9-10,12-13,15H,2-4,8,11H2,1H3/b13-12+. The first-order valence-electron chi connectivity index (χ1n) is 7.44. The zero-order valence-electron chi connectivity index (χ0n) is 12.6. The Morgan fingerprint density at radius 2 is 1.86 bits per heavy atom. The molecule has 22 heavy (non-hydrogen) atoms. The van der Waals surface area contributed by atoms with E-state index in [2.05, 4.69) is 6.92 Å². The smallest absolute Gasteiger partial charge is 0.409 e. The molecule has 0 spiro atoms. The lowest BCUT2D eigenvalue weighted by atomic mass is 10.1. The maximum absolute atomic E-state index is 12.3. The van der Waals surface area contributed by atoms with Gasteiger partial charge in [0, 0.05) is 6.08 Å². The minimum atomic E-state index is -4.40. The van der Waals surface area contributed by atoms with Gasteiger partial charge in [-0.05, 0) is 31.1 Å². The number of benzene rings is 1. The fraction of sp³-hybridized carbons (Fsp3) is 0.471.